The Kier molecular flexibility index (Phi) is 4.30. The van der Waals surface area contributed by atoms with Crippen molar-refractivity contribution in [3.8, 4) is 0 Å². The van der Waals surface area contributed by atoms with Gasteiger partial charge in [-0.15, -0.1) is 11.6 Å². The van der Waals surface area contributed by atoms with Crippen LogP contribution in [0.1, 0.15) is 19.3 Å². The number of anilines is 1. The molecule has 0 radical (unpaired) electrons. The van der Waals surface area contributed by atoms with Crippen LogP contribution in [0.3, 0.4) is 0 Å². The summed E-state index contributed by atoms with van der Waals surface area (Å²) in [5.74, 6) is 2.12. The van der Waals surface area contributed by atoms with Crippen LogP contribution in [0.2, 0.25) is 5.02 Å². The standard InChI is InChI=1S/C12H16Cl2N2/c13-6-9-2-1-3-10(9)7-16-12-4-5-15-8-11(12)14/h4-5,8-10H,1-3,6-7H2,(H,15,16). The third-order valence-corrected chi connectivity index (χ3v) is 4.04. The Hall–Kier alpha value is -0.470. The molecule has 1 aliphatic carbocycles. The normalized spacial score (nSPS) is 24.6. The predicted octanol–water partition coefficient (Wildman–Crippen LogP) is 3.80. The van der Waals surface area contributed by atoms with Crippen molar-refractivity contribution >= 4 is 28.9 Å². The van der Waals surface area contributed by atoms with Crippen molar-refractivity contribution in [1.29, 1.82) is 0 Å². The van der Waals surface area contributed by atoms with Crippen LogP contribution in [-0.2, 0) is 0 Å². The zero-order chi connectivity index (χ0) is 11.4. The number of halogens is 2. The van der Waals surface area contributed by atoms with E-state index < -0.39 is 0 Å². The largest absolute Gasteiger partial charge is 0.383 e. The van der Waals surface area contributed by atoms with E-state index in [0.29, 0.717) is 16.9 Å². The van der Waals surface area contributed by atoms with Crippen LogP contribution in [0, 0.1) is 11.8 Å². The topological polar surface area (TPSA) is 24.9 Å². The minimum absolute atomic E-state index is 0.662. The highest BCUT2D eigenvalue weighted by Crippen LogP contribution is 2.33. The van der Waals surface area contributed by atoms with Crippen molar-refractivity contribution in [3.05, 3.63) is 23.5 Å². The zero-order valence-corrected chi connectivity index (χ0v) is 10.6. The predicted molar refractivity (Wildman–Crippen MR) is 69.3 cm³/mol. The van der Waals surface area contributed by atoms with E-state index in [2.05, 4.69) is 10.3 Å². The number of nitrogens with one attached hydrogen (secondary N) is 1. The summed E-state index contributed by atoms with van der Waals surface area (Å²) in [5.41, 5.74) is 0.969. The number of nitrogens with zero attached hydrogens (tertiary/aromatic N) is 1. The number of pyridine rings is 1. The van der Waals surface area contributed by atoms with Gasteiger partial charge >= 0.3 is 0 Å². The molecule has 0 spiro atoms. The third-order valence-electron chi connectivity index (χ3n) is 3.34. The molecule has 0 amide bonds. The maximum absolute atomic E-state index is 6.03. The molecule has 1 N–H and O–H groups in total. The second-order valence-corrected chi connectivity index (χ2v) is 5.06. The average Bonchev–Trinajstić information content (AvgIpc) is 2.75. The molecule has 0 aliphatic heterocycles. The number of hydrogen-bond donors (Lipinski definition) is 1. The van der Waals surface area contributed by atoms with Crippen LogP contribution in [-0.4, -0.2) is 17.4 Å². The van der Waals surface area contributed by atoms with E-state index in [-0.39, 0.29) is 0 Å². The van der Waals surface area contributed by atoms with E-state index >= 15 is 0 Å². The molecular weight excluding hydrogens is 243 g/mol. The van der Waals surface area contributed by atoms with E-state index in [0.717, 1.165) is 18.1 Å². The van der Waals surface area contributed by atoms with E-state index in [1.54, 1.807) is 12.4 Å². The van der Waals surface area contributed by atoms with Gasteiger partial charge in [0.05, 0.1) is 10.7 Å². The second-order valence-electron chi connectivity index (χ2n) is 4.34. The van der Waals surface area contributed by atoms with E-state index in [1.807, 2.05) is 6.07 Å². The average molecular weight is 259 g/mol. The molecule has 1 saturated carbocycles. The van der Waals surface area contributed by atoms with Gasteiger partial charge in [-0.05, 0) is 30.7 Å². The van der Waals surface area contributed by atoms with Gasteiger partial charge in [-0.25, -0.2) is 0 Å². The van der Waals surface area contributed by atoms with Gasteiger partial charge in [0.1, 0.15) is 0 Å². The van der Waals surface area contributed by atoms with Gasteiger partial charge in [-0.2, -0.15) is 0 Å². The molecule has 1 aromatic rings. The lowest BCUT2D eigenvalue weighted by Gasteiger charge is -2.18. The molecule has 4 heteroatoms. The summed E-state index contributed by atoms with van der Waals surface area (Å²) >= 11 is 12.0. The molecule has 0 bridgehead atoms. The summed E-state index contributed by atoms with van der Waals surface area (Å²) in [7, 11) is 0. The molecule has 1 heterocycles. The van der Waals surface area contributed by atoms with Crippen LogP contribution >= 0.6 is 23.2 Å². The van der Waals surface area contributed by atoms with Crippen molar-refractivity contribution < 1.29 is 0 Å². The van der Waals surface area contributed by atoms with Crippen molar-refractivity contribution in [2.45, 2.75) is 19.3 Å². The van der Waals surface area contributed by atoms with E-state index in [9.17, 15) is 0 Å². The minimum atomic E-state index is 0.662. The molecule has 0 saturated heterocycles. The van der Waals surface area contributed by atoms with Gasteiger partial charge in [0, 0.05) is 24.8 Å². The molecule has 1 aromatic heterocycles. The molecule has 2 nitrogen and oxygen atoms in total. The van der Waals surface area contributed by atoms with Gasteiger partial charge < -0.3 is 5.32 Å². The Labute approximate surface area is 106 Å². The maximum atomic E-state index is 6.03. The number of alkyl halides is 1. The smallest absolute Gasteiger partial charge is 0.0820 e. The van der Waals surface area contributed by atoms with Crippen LogP contribution < -0.4 is 5.32 Å². The zero-order valence-electron chi connectivity index (χ0n) is 9.13. The van der Waals surface area contributed by atoms with Crippen LogP contribution in [0.5, 0.6) is 0 Å². The maximum Gasteiger partial charge on any atom is 0.0820 e. The molecule has 16 heavy (non-hydrogen) atoms. The lowest BCUT2D eigenvalue weighted by Crippen LogP contribution is -2.19. The molecule has 2 rings (SSSR count). The highest BCUT2D eigenvalue weighted by atomic mass is 35.5. The molecule has 2 unspecified atom stereocenters. The quantitative estimate of drug-likeness (QED) is 0.832. The Morgan fingerprint density at radius 3 is 2.94 bits per heavy atom. The van der Waals surface area contributed by atoms with Gasteiger partial charge in [-0.3, -0.25) is 4.98 Å². The summed E-state index contributed by atoms with van der Waals surface area (Å²) in [6.07, 6.45) is 7.25. The Bertz CT molecular complexity index is 344. The third kappa shape index (κ3) is 2.80. The lowest BCUT2D eigenvalue weighted by atomic mass is 9.98. The Morgan fingerprint density at radius 1 is 1.38 bits per heavy atom. The Balaban J connectivity index is 1.90. The molecule has 0 aromatic carbocycles. The fraction of sp³-hybridized carbons (Fsp3) is 0.583. The molecule has 88 valence electrons. The number of aromatic nitrogens is 1. The summed E-state index contributed by atoms with van der Waals surface area (Å²) in [5, 5.41) is 4.07. The molecule has 1 fully saturated rings. The van der Waals surface area contributed by atoms with Gasteiger partial charge in [0.2, 0.25) is 0 Å². The number of hydrogen-bond acceptors (Lipinski definition) is 2. The van der Waals surface area contributed by atoms with E-state index in [4.69, 9.17) is 23.2 Å². The summed E-state index contributed by atoms with van der Waals surface area (Å²) in [6.45, 7) is 0.959. The van der Waals surface area contributed by atoms with Gasteiger partial charge in [0.25, 0.3) is 0 Å². The number of rotatable bonds is 4. The highest BCUT2D eigenvalue weighted by molar-refractivity contribution is 6.33. The van der Waals surface area contributed by atoms with Crippen LogP contribution in [0.25, 0.3) is 0 Å². The molecular formula is C12H16Cl2N2. The Morgan fingerprint density at radius 2 is 2.19 bits per heavy atom. The van der Waals surface area contributed by atoms with Crippen LogP contribution in [0.15, 0.2) is 18.5 Å². The van der Waals surface area contributed by atoms with Crippen molar-refractivity contribution in [1.82, 2.24) is 4.98 Å². The van der Waals surface area contributed by atoms with Crippen molar-refractivity contribution in [3.63, 3.8) is 0 Å². The second kappa shape index (κ2) is 5.74. The summed E-state index contributed by atoms with van der Waals surface area (Å²) in [6, 6.07) is 1.91. The first-order chi connectivity index (χ1) is 7.81. The van der Waals surface area contributed by atoms with Gasteiger partial charge in [-0.1, -0.05) is 18.0 Å². The summed E-state index contributed by atoms with van der Waals surface area (Å²) < 4.78 is 0. The van der Waals surface area contributed by atoms with Gasteiger partial charge in [0.15, 0.2) is 0 Å². The first-order valence-electron chi connectivity index (χ1n) is 5.70. The minimum Gasteiger partial charge on any atom is -0.383 e. The van der Waals surface area contributed by atoms with Crippen molar-refractivity contribution in [2.24, 2.45) is 11.8 Å². The first kappa shape index (κ1) is 12.0. The summed E-state index contributed by atoms with van der Waals surface area (Å²) in [4.78, 5) is 3.96. The fourth-order valence-electron chi connectivity index (χ4n) is 2.35. The fourth-order valence-corrected chi connectivity index (χ4v) is 2.94. The van der Waals surface area contributed by atoms with E-state index in [1.165, 1.54) is 19.3 Å². The monoisotopic (exact) mass is 258 g/mol. The van der Waals surface area contributed by atoms with Crippen LogP contribution in [0.4, 0.5) is 5.69 Å². The first-order valence-corrected chi connectivity index (χ1v) is 6.62. The van der Waals surface area contributed by atoms with Crippen molar-refractivity contribution in [2.75, 3.05) is 17.7 Å². The molecule has 1 aliphatic rings. The lowest BCUT2D eigenvalue weighted by molar-refractivity contribution is 0.444. The molecule has 2 atom stereocenters. The SMILES string of the molecule is ClCC1CCCC1CNc1ccncc1Cl. The highest BCUT2D eigenvalue weighted by Gasteiger charge is 2.26.